The van der Waals surface area contributed by atoms with Gasteiger partial charge in [-0.05, 0) is 33.6 Å². The van der Waals surface area contributed by atoms with Crippen LogP contribution in [0.4, 0.5) is 4.79 Å². The zero-order valence-electron chi connectivity index (χ0n) is 11.5. The number of carbonyl (C=O) groups is 1. The normalized spacial score (nSPS) is 25.1. The van der Waals surface area contributed by atoms with Crippen LogP contribution in [-0.4, -0.2) is 46.9 Å². The van der Waals surface area contributed by atoms with E-state index in [2.05, 4.69) is 0 Å². The van der Waals surface area contributed by atoms with Crippen molar-refractivity contribution >= 4 is 6.09 Å². The first-order valence-corrected chi connectivity index (χ1v) is 6.62. The van der Waals surface area contributed by atoms with E-state index in [0.717, 1.165) is 19.3 Å². The molecule has 0 bridgehead atoms. The second kappa shape index (κ2) is 4.10. The van der Waals surface area contributed by atoms with Gasteiger partial charge in [0.15, 0.2) is 0 Å². The summed E-state index contributed by atoms with van der Waals surface area (Å²) in [5.74, 6) is 0. The largest absolute Gasteiger partial charge is 0.444 e. The lowest BCUT2D eigenvalue weighted by Gasteiger charge is -2.60. The summed E-state index contributed by atoms with van der Waals surface area (Å²) in [6, 6.07) is 0. The van der Waals surface area contributed by atoms with Crippen LogP contribution in [0.1, 0.15) is 40.0 Å². The fourth-order valence-corrected chi connectivity index (χ4v) is 2.84. The van der Waals surface area contributed by atoms with Crippen molar-refractivity contribution in [1.29, 1.82) is 0 Å². The average Bonchev–Trinajstić information content (AvgIpc) is 2.09. The number of aliphatic hydroxyl groups is 1. The molecule has 0 aromatic heterocycles. The number of nitrogens with zero attached hydrogens (tertiary/aromatic N) is 1. The summed E-state index contributed by atoms with van der Waals surface area (Å²) in [6.45, 7) is 6.70. The van der Waals surface area contributed by atoms with Gasteiger partial charge in [0.05, 0.1) is 13.1 Å². The van der Waals surface area contributed by atoms with Crippen molar-refractivity contribution in [2.75, 3.05) is 19.6 Å². The van der Waals surface area contributed by atoms with Crippen molar-refractivity contribution in [3.63, 3.8) is 0 Å². The molecule has 5 heteroatoms. The molecule has 0 atom stereocenters. The van der Waals surface area contributed by atoms with E-state index in [1.165, 1.54) is 0 Å². The summed E-state index contributed by atoms with van der Waals surface area (Å²) in [7, 11) is 0. The van der Waals surface area contributed by atoms with E-state index in [9.17, 15) is 9.90 Å². The van der Waals surface area contributed by atoms with Gasteiger partial charge in [0.25, 0.3) is 0 Å². The molecule has 1 saturated carbocycles. The van der Waals surface area contributed by atoms with Gasteiger partial charge in [-0.3, -0.25) is 0 Å². The van der Waals surface area contributed by atoms with Crippen LogP contribution in [0.15, 0.2) is 0 Å². The zero-order valence-corrected chi connectivity index (χ0v) is 11.5. The van der Waals surface area contributed by atoms with Gasteiger partial charge >= 0.3 is 6.09 Å². The summed E-state index contributed by atoms with van der Waals surface area (Å²) in [4.78, 5) is 13.4. The van der Waals surface area contributed by atoms with Crippen molar-refractivity contribution in [3.8, 4) is 0 Å². The van der Waals surface area contributed by atoms with Crippen LogP contribution in [0.5, 0.6) is 0 Å². The summed E-state index contributed by atoms with van der Waals surface area (Å²) in [5, 5.41) is 10.6. The summed E-state index contributed by atoms with van der Waals surface area (Å²) in [6.07, 6.45) is 2.69. The minimum atomic E-state index is -0.809. The third-order valence-corrected chi connectivity index (χ3v) is 4.25. The Bertz CT molecular complexity index is 333. The number of amides is 1. The molecular formula is C13H24N2O3. The van der Waals surface area contributed by atoms with E-state index in [-0.39, 0.29) is 11.5 Å². The zero-order chi connectivity index (χ0) is 13.6. The smallest absolute Gasteiger partial charge is 0.410 e. The second-order valence-corrected chi connectivity index (χ2v) is 6.71. The topological polar surface area (TPSA) is 75.8 Å². The monoisotopic (exact) mass is 256 g/mol. The number of carbonyl (C=O) groups excluding carboxylic acids is 1. The van der Waals surface area contributed by atoms with Gasteiger partial charge in [0.2, 0.25) is 0 Å². The van der Waals surface area contributed by atoms with Gasteiger partial charge in [0.1, 0.15) is 11.2 Å². The Morgan fingerprint density at radius 2 is 1.94 bits per heavy atom. The molecule has 0 aromatic rings. The first-order chi connectivity index (χ1) is 8.21. The van der Waals surface area contributed by atoms with E-state index >= 15 is 0 Å². The molecule has 1 amide bonds. The predicted octanol–water partition coefficient (Wildman–Crippen LogP) is 1.10. The van der Waals surface area contributed by atoms with E-state index in [1.54, 1.807) is 4.90 Å². The number of likely N-dealkylation sites (tertiary alicyclic amines) is 1. The highest BCUT2D eigenvalue weighted by Crippen LogP contribution is 2.52. The predicted molar refractivity (Wildman–Crippen MR) is 68.1 cm³/mol. The van der Waals surface area contributed by atoms with Crippen molar-refractivity contribution in [2.45, 2.75) is 51.2 Å². The number of hydrogen-bond donors (Lipinski definition) is 2. The van der Waals surface area contributed by atoms with Crippen LogP contribution in [0.25, 0.3) is 0 Å². The molecule has 2 rings (SSSR count). The lowest BCUT2D eigenvalue weighted by atomic mass is 9.56. The third kappa shape index (κ3) is 2.10. The molecule has 104 valence electrons. The maximum Gasteiger partial charge on any atom is 0.410 e. The quantitative estimate of drug-likeness (QED) is 0.775. The third-order valence-electron chi connectivity index (χ3n) is 4.25. The van der Waals surface area contributed by atoms with Gasteiger partial charge in [-0.25, -0.2) is 4.79 Å². The van der Waals surface area contributed by atoms with Crippen LogP contribution >= 0.6 is 0 Å². The molecule has 1 aliphatic heterocycles. The number of ether oxygens (including phenoxy) is 1. The van der Waals surface area contributed by atoms with Gasteiger partial charge in [0, 0.05) is 12.0 Å². The van der Waals surface area contributed by atoms with Gasteiger partial charge in [-0.1, -0.05) is 6.42 Å². The second-order valence-electron chi connectivity index (χ2n) is 6.71. The molecule has 5 nitrogen and oxygen atoms in total. The van der Waals surface area contributed by atoms with Crippen LogP contribution in [0, 0.1) is 5.41 Å². The summed E-state index contributed by atoms with van der Waals surface area (Å²) < 4.78 is 5.28. The molecule has 2 fully saturated rings. The summed E-state index contributed by atoms with van der Waals surface area (Å²) >= 11 is 0. The van der Waals surface area contributed by atoms with Gasteiger partial charge in [-0.2, -0.15) is 0 Å². The number of rotatable bonds is 2. The minimum absolute atomic E-state index is 0.175. The lowest BCUT2D eigenvalue weighted by molar-refractivity contribution is -0.196. The molecule has 0 radical (unpaired) electrons. The Labute approximate surface area is 108 Å². The Balaban J connectivity index is 1.91. The summed E-state index contributed by atoms with van der Waals surface area (Å²) in [5.41, 5.74) is 4.32. The molecule has 0 aromatic carbocycles. The fourth-order valence-electron chi connectivity index (χ4n) is 2.84. The highest BCUT2D eigenvalue weighted by atomic mass is 16.6. The molecule has 1 heterocycles. The van der Waals surface area contributed by atoms with Crippen molar-refractivity contribution < 1.29 is 14.6 Å². The fraction of sp³-hybridized carbons (Fsp3) is 0.923. The molecule has 1 aliphatic carbocycles. The molecule has 18 heavy (non-hydrogen) atoms. The first kappa shape index (κ1) is 13.6. The Kier molecular flexibility index (Phi) is 3.10. The minimum Gasteiger partial charge on any atom is -0.444 e. The van der Waals surface area contributed by atoms with Gasteiger partial charge < -0.3 is 20.5 Å². The van der Waals surface area contributed by atoms with Crippen molar-refractivity contribution in [2.24, 2.45) is 11.1 Å². The van der Waals surface area contributed by atoms with Crippen LogP contribution in [0.3, 0.4) is 0 Å². The van der Waals surface area contributed by atoms with Crippen molar-refractivity contribution in [1.82, 2.24) is 4.90 Å². The Morgan fingerprint density at radius 1 is 1.39 bits per heavy atom. The van der Waals surface area contributed by atoms with Gasteiger partial charge in [-0.15, -0.1) is 0 Å². The molecule has 2 aliphatic rings. The molecule has 3 N–H and O–H groups in total. The number of β-amino-alcohol motifs (C(OH)–C–C–N with tert-alkyl or cyclic N) is 1. The number of hydrogen-bond acceptors (Lipinski definition) is 4. The van der Waals surface area contributed by atoms with Crippen LogP contribution in [0.2, 0.25) is 0 Å². The molecular weight excluding hydrogens is 232 g/mol. The Morgan fingerprint density at radius 3 is 2.28 bits per heavy atom. The molecule has 0 spiro atoms. The standard InChI is InChI=1S/C13H24N2O3/c1-11(2,3)18-10(16)15-8-13(17,9-15)12(7-14)5-4-6-12/h17H,4-9,14H2,1-3H3. The van der Waals surface area contributed by atoms with E-state index in [1.807, 2.05) is 20.8 Å². The number of nitrogens with two attached hydrogens (primary N) is 1. The Hall–Kier alpha value is -0.810. The van der Waals surface area contributed by atoms with E-state index in [4.69, 9.17) is 10.5 Å². The highest BCUT2D eigenvalue weighted by Gasteiger charge is 2.60. The maximum atomic E-state index is 11.8. The highest BCUT2D eigenvalue weighted by molar-refractivity contribution is 5.69. The van der Waals surface area contributed by atoms with E-state index in [0.29, 0.717) is 19.6 Å². The first-order valence-electron chi connectivity index (χ1n) is 6.62. The van der Waals surface area contributed by atoms with E-state index < -0.39 is 11.2 Å². The lowest BCUT2D eigenvalue weighted by Crippen LogP contribution is -2.74. The van der Waals surface area contributed by atoms with Crippen LogP contribution in [-0.2, 0) is 4.74 Å². The van der Waals surface area contributed by atoms with Crippen LogP contribution < -0.4 is 5.73 Å². The SMILES string of the molecule is CC(C)(C)OC(=O)N1CC(O)(C2(CN)CCC2)C1. The maximum absolute atomic E-state index is 11.8. The van der Waals surface area contributed by atoms with Crippen molar-refractivity contribution in [3.05, 3.63) is 0 Å². The average molecular weight is 256 g/mol. The molecule has 1 saturated heterocycles. The molecule has 0 unspecified atom stereocenters.